The van der Waals surface area contributed by atoms with Crippen molar-refractivity contribution in [1.82, 2.24) is 40.4 Å². The molecular weight excluding hydrogens is 797 g/mol. The van der Waals surface area contributed by atoms with E-state index < -0.39 is 36.4 Å². The minimum absolute atomic E-state index is 0.0521. The zero-order chi connectivity index (χ0) is 44.0. The van der Waals surface area contributed by atoms with Gasteiger partial charge in [0.15, 0.2) is 0 Å². The van der Waals surface area contributed by atoms with E-state index in [1.165, 1.54) is 14.2 Å². The third kappa shape index (κ3) is 7.90. The second-order valence-electron chi connectivity index (χ2n) is 17.0. The predicted octanol–water partition coefficient (Wildman–Crippen LogP) is 6.31. The van der Waals surface area contributed by atoms with Gasteiger partial charge in [-0.05, 0) is 85.4 Å². The van der Waals surface area contributed by atoms with E-state index >= 15 is 0 Å². The number of nitrogens with zero attached hydrogens (tertiary/aromatic N) is 4. The maximum absolute atomic E-state index is 14.1. The van der Waals surface area contributed by atoms with Crippen molar-refractivity contribution in [1.29, 1.82) is 0 Å². The molecule has 5 heterocycles. The van der Waals surface area contributed by atoms with E-state index in [2.05, 4.69) is 44.9 Å². The summed E-state index contributed by atoms with van der Waals surface area (Å²) in [7, 11) is 4.38. The summed E-state index contributed by atoms with van der Waals surface area (Å²) in [5.74, 6) is 1.33. The van der Waals surface area contributed by atoms with Gasteiger partial charge < -0.3 is 54.5 Å². The number of methoxy groups -OCH3 is 3. The van der Waals surface area contributed by atoms with E-state index in [9.17, 15) is 24.3 Å². The van der Waals surface area contributed by atoms with Gasteiger partial charge in [0, 0.05) is 43.7 Å². The van der Waals surface area contributed by atoms with E-state index in [1.807, 2.05) is 39.0 Å². The number of amides is 4. The topological polar surface area (TPSA) is 213 Å². The number of ether oxygens (including phenoxy) is 4. The minimum atomic E-state index is -1.23. The summed E-state index contributed by atoms with van der Waals surface area (Å²) in [6.07, 6.45) is 1.33. The molecule has 2 fully saturated rings. The van der Waals surface area contributed by atoms with Gasteiger partial charge >= 0.3 is 12.2 Å². The fourth-order valence-electron chi connectivity index (χ4n) is 9.38. The molecule has 62 heavy (non-hydrogen) atoms. The maximum Gasteiger partial charge on any atom is 0.407 e. The number of carboxylic acid groups (broad SMARTS) is 1. The van der Waals surface area contributed by atoms with E-state index in [4.69, 9.17) is 28.9 Å². The molecule has 0 spiro atoms. The molecule has 7 atom stereocenters. The van der Waals surface area contributed by atoms with Crippen LogP contribution >= 0.6 is 0 Å². The van der Waals surface area contributed by atoms with Gasteiger partial charge in [-0.1, -0.05) is 32.0 Å². The Morgan fingerprint density at radius 1 is 0.935 bits per heavy atom. The van der Waals surface area contributed by atoms with E-state index in [0.29, 0.717) is 44.2 Å². The Balaban J connectivity index is 1.06. The van der Waals surface area contributed by atoms with E-state index in [0.717, 1.165) is 61.9 Å². The number of benzene rings is 3. The number of hydrogen-bond acceptors (Lipinski definition) is 10. The second-order valence-corrected chi connectivity index (χ2v) is 17.0. The fourth-order valence-corrected chi connectivity index (χ4v) is 9.38. The highest BCUT2D eigenvalue weighted by atomic mass is 16.5. The van der Waals surface area contributed by atoms with Crippen LogP contribution in [0.5, 0.6) is 5.75 Å². The molecule has 328 valence electrons. The summed E-state index contributed by atoms with van der Waals surface area (Å²) in [5.41, 5.74) is 6.34. The molecule has 17 nitrogen and oxygen atoms in total. The molecule has 0 saturated carbocycles. The van der Waals surface area contributed by atoms with Crippen molar-refractivity contribution in [3.05, 3.63) is 65.9 Å². The number of aromatic nitrogens is 4. The first kappa shape index (κ1) is 42.5. The lowest BCUT2D eigenvalue weighted by molar-refractivity contribution is -0.138. The van der Waals surface area contributed by atoms with Gasteiger partial charge in [0.1, 0.15) is 36.1 Å². The molecule has 4 amide bonds. The van der Waals surface area contributed by atoms with Crippen molar-refractivity contribution in [2.75, 3.05) is 34.5 Å². The van der Waals surface area contributed by atoms with Crippen molar-refractivity contribution in [3.63, 3.8) is 0 Å². The number of carbonyl (C=O) groups excluding carboxylic acids is 3. The SMILES string of the molecule is COC[C@H]1CC(c2nc3ccc4cc5c(cc4c3[nH]2)OCc2cc(-c3cnc(C4CC[C@H](C)N4C(=O)[C@@H](NC(=O)O)C(C)C)[nH]3)ccc2-5)N(C(=O)C(NC(=O)OC)[C@@H](C)OC)C1. The Morgan fingerprint density at radius 3 is 2.47 bits per heavy atom. The van der Waals surface area contributed by atoms with Crippen molar-refractivity contribution < 1.29 is 43.2 Å². The molecule has 2 aromatic heterocycles. The number of carbonyl (C=O) groups is 4. The zero-order valence-electron chi connectivity index (χ0n) is 36.0. The maximum atomic E-state index is 14.1. The predicted molar refractivity (Wildman–Crippen MR) is 229 cm³/mol. The molecule has 5 aromatic rings. The summed E-state index contributed by atoms with van der Waals surface area (Å²) < 4.78 is 22.2. The van der Waals surface area contributed by atoms with Crippen LogP contribution < -0.4 is 15.4 Å². The van der Waals surface area contributed by atoms with Crippen LogP contribution in [-0.2, 0) is 30.4 Å². The Kier molecular flexibility index (Phi) is 11.8. The Morgan fingerprint density at radius 2 is 1.74 bits per heavy atom. The molecule has 0 aliphatic carbocycles. The first-order valence-electron chi connectivity index (χ1n) is 21.1. The van der Waals surface area contributed by atoms with E-state index in [-0.39, 0.29) is 35.7 Å². The molecule has 0 radical (unpaired) electrons. The number of imidazole rings is 2. The quantitative estimate of drug-likeness (QED) is 0.0939. The van der Waals surface area contributed by atoms with Crippen molar-refractivity contribution in [2.24, 2.45) is 11.8 Å². The summed E-state index contributed by atoms with van der Waals surface area (Å²) in [5, 5.41) is 16.4. The molecule has 8 rings (SSSR count). The Bertz CT molecular complexity index is 2520. The smallest absolute Gasteiger partial charge is 0.407 e. The Hall–Kier alpha value is -6.20. The lowest BCUT2D eigenvalue weighted by Crippen LogP contribution is -2.54. The van der Waals surface area contributed by atoms with E-state index in [1.54, 1.807) is 30.0 Å². The number of hydrogen-bond donors (Lipinski definition) is 5. The molecular formula is C45H54N8O9. The largest absolute Gasteiger partial charge is 0.488 e. The first-order valence-corrected chi connectivity index (χ1v) is 21.1. The lowest BCUT2D eigenvalue weighted by atomic mass is 9.92. The van der Waals surface area contributed by atoms with Crippen molar-refractivity contribution >= 4 is 45.8 Å². The van der Waals surface area contributed by atoms with Crippen LogP contribution in [0, 0.1) is 11.8 Å². The first-order chi connectivity index (χ1) is 29.8. The third-order valence-electron chi connectivity index (χ3n) is 12.7. The van der Waals surface area contributed by atoms with Crippen LogP contribution in [0.25, 0.3) is 44.2 Å². The number of fused-ring (bicyclic) bond motifs is 6. The summed E-state index contributed by atoms with van der Waals surface area (Å²) >= 11 is 0. The molecule has 0 bridgehead atoms. The number of H-pyrrole nitrogens is 2. The summed E-state index contributed by atoms with van der Waals surface area (Å²) in [4.78, 5) is 71.9. The van der Waals surface area contributed by atoms with Gasteiger partial charge in [0.25, 0.3) is 0 Å². The van der Waals surface area contributed by atoms with Gasteiger partial charge in [-0.3, -0.25) is 9.59 Å². The van der Waals surface area contributed by atoms with Gasteiger partial charge in [0.2, 0.25) is 11.8 Å². The van der Waals surface area contributed by atoms with Crippen LogP contribution in [0.15, 0.2) is 48.7 Å². The summed E-state index contributed by atoms with van der Waals surface area (Å²) in [6, 6.07) is 11.8. The third-order valence-corrected chi connectivity index (χ3v) is 12.7. The average molecular weight is 851 g/mol. The van der Waals surface area contributed by atoms with Crippen LogP contribution in [0.2, 0.25) is 0 Å². The van der Waals surface area contributed by atoms with Gasteiger partial charge in [0.05, 0.1) is 54.8 Å². The molecule has 17 heteroatoms. The monoisotopic (exact) mass is 850 g/mol. The van der Waals surface area contributed by atoms with Crippen molar-refractivity contribution in [3.8, 4) is 28.1 Å². The highest BCUT2D eigenvalue weighted by Crippen LogP contribution is 2.44. The summed E-state index contributed by atoms with van der Waals surface area (Å²) in [6.45, 7) is 8.61. The normalized spacial score (nSPS) is 21.0. The Labute approximate surface area is 358 Å². The molecule has 3 unspecified atom stereocenters. The molecule has 3 aromatic carbocycles. The van der Waals surface area contributed by atoms with Crippen LogP contribution in [0.4, 0.5) is 9.59 Å². The number of rotatable bonds is 12. The lowest BCUT2D eigenvalue weighted by Gasteiger charge is -2.32. The minimum Gasteiger partial charge on any atom is -0.488 e. The van der Waals surface area contributed by atoms with Gasteiger partial charge in [-0.2, -0.15) is 0 Å². The standard InChI is InChI=1S/C45H54N8O9/c1-22(2)37(50-44(56)57)43(55)53-23(3)8-13-34(53)40-46-18-33(48-40)27-9-11-29-28(15-27)21-62-36-17-30-26(16-31(29)36)10-12-32-39(30)49-41(47-32)35-14-25(20-59-5)19-52(35)42(54)38(24(4)60-6)51-45(58)61-7/h9-12,15-18,22-25,34-35,37-38,50H,8,13-14,19-21H2,1-7H3,(H,46,48)(H,47,49)(H,51,58)(H,56,57)/t23-,24+,25-,34?,35?,37-,38?/m0/s1. The zero-order valence-corrected chi connectivity index (χ0v) is 36.0. The number of likely N-dealkylation sites (tertiary alicyclic amines) is 2. The van der Waals surface area contributed by atoms with Gasteiger partial charge in [-0.25, -0.2) is 19.6 Å². The molecule has 3 aliphatic rings. The van der Waals surface area contributed by atoms with Gasteiger partial charge in [-0.15, -0.1) is 0 Å². The fraction of sp³-hybridized carbons (Fsp3) is 0.467. The second kappa shape index (κ2) is 17.3. The van der Waals surface area contributed by atoms with Crippen molar-refractivity contribution in [2.45, 2.75) is 89.9 Å². The van der Waals surface area contributed by atoms with Crippen LogP contribution in [0.1, 0.15) is 76.3 Å². The highest BCUT2D eigenvalue weighted by Gasteiger charge is 2.43. The molecule has 5 N–H and O–H groups in total. The highest BCUT2D eigenvalue weighted by molar-refractivity contribution is 6.07. The number of aromatic amines is 2. The van der Waals surface area contributed by atoms with Crippen LogP contribution in [0.3, 0.4) is 0 Å². The van der Waals surface area contributed by atoms with Crippen LogP contribution in [-0.4, -0.2) is 118 Å². The molecule has 3 aliphatic heterocycles. The number of nitrogens with one attached hydrogen (secondary N) is 4. The average Bonchev–Trinajstić information content (AvgIpc) is 4.09. The molecule has 2 saturated heterocycles. The number of alkyl carbamates (subject to hydrolysis) is 1.